The van der Waals surface area contributed by atoms with Gasteiger partial charge in [0.15, 0.2) is 5.65 Å². The highest BCUT2D eigenvalue weighted by atomic mass is 19.4. The highest BCUT2D eigenvalue weighted by Crippen LogP contribution is 2.19. The summed E-state index contributed by atoms with van der Waals surface area (Å²) in [4.78, 5) is 8.44. The van der Waals surface area contributed by atoms with Gasteiger partial charge >= 0.3 is 6.18 Å². The molecule has 116 valence electrons. The molecule has 0 aliphatic rings. The van der Waals surface area contributed by atoms with Crippen molar-refractivity contribution in [3.8, 4) is 0 Å². The third-order valence-electron chi connectivity index (χ3n) is 2.45. The average Bonchev–Trinajstić information content (AvgIpc) is 2.85. The van der Waals surface area contributed by atoms with Crippen LogP contribution >= 0.6 is 0 Å². The van der Waals surface area contributed by atoms with Crippen LogP contribution in [0.4, 0.5) is 24.9 Å². The van der Waals surface area contributed by atoms with Crippen molar-refractivity contribution < 1.29 is 17.9 Å². The molecule has 2 rings (SSSR count). The summed E-state index contributed by atoms with van der Waals surface area (Å²) in [5.41, 5.74) is 0.541. The molecule has 0 aliphatic carbocycles. The number of nitrogens with one attached hydrogen (secondary N) is 3. The van der Waals surface area contributed by atoms with E-state index >= 15 is 0 Å². The standard InChI is InChI=1S/C11H15F3N6O/c1-2-15-10-18-8(7-5-17-20-9(7)19-10)16-3-4-21-6-11(12,13)14/h5H,2-4,6H2,1H3,(H3,15,16,17,18,19,20). The number of rotatable bonds is 7. The van der Waals surface area contributed by atoms with E-state index in [1.54, 1.807) is 6.20 Å². The number of ether oxygens (including phenoxy) is 1. The third kappa shape index (κ3) is 4.45. The Kier molecular flexibility index (Phi) is 4.78. The molecule has 0 fully saturated rings. The Bertz CT molecular complexity index is 585. The zero-order chi connectivity index (χ0) is 15.3. The van der Waals surface area contributed by atoms with E-state index in [2.05, 4.69) is 35.5 Å². The summed E-state index contributed by atoms with van der Waals surface area (Å²) in [5, 5.41) is 13.1. The fourth-order valence-electron chi connectivity index (χ4n) is 1.64. The highest BCUT2D eigenvalue weighted by Gasteiger charge is 2.27. The first-order valence-electron chi connectivity index (χ1n) is 6.33. The smallest absolute Gasteiger partial charge is 0.370 e. The van der Waals surface area contributed by atoms with Crippen LogP contribution in [0, 0.1) is 0 Å². The topological polar surface area (TPSA) is 87.8 Å². The summed E-state index contributed by atoms with van der Waals surface area (Å²) < 4.78 is 40.3. The van der Waals surface area contributed by atoms with Crippen LogP contribution in [-0.4, -0.2) is 52.6 Å². The SMILES string of the molecule is CCNc1nc(NCCOCC(F)(F)F)c2cn[nH]c2n1. The Morgan fingerprint density at radius 3 is 2.81 bits per heavy atom. The molecule has 0 bridgehead atoms. The van der Waals surface area contributed by atoms with Gasteiger partial charge in [0, 0.05) is 13.1 Å². The number of alkyl halides is 3. The molecule has 21 heavy (non-hydrogen) atoms. The summed E-state index contributed by atoms with van der Waals surface area (Å²) >= 11 is 0. The van der Waals surface area contributed by atoms with E-state index < -0.39 is 12.8 Å². The quantitative estimate of drug-likeness (QED) is 0.676. The molecule has 0 saturated carbocycles. The van der Waals surface area contributed by atoms with Gasteiger partial charge in [0.05, 0.1) is 18.2 Å². The number of halogens is 3. The van der Waals surface area contributed by atoms with Crippen molar-refractivity contribution in [1.82, 2.24) is 20.2 Å². The molecule has 2 heterocycles. The fraction of sp³-hybridized carbons (Fsp3) is 0.545. The lowest BCUT2D eigenvalue weighted by Gasteiger charge is -2.10. The summed E-state index contributed by atoms with van der Waals surface area (Å²) in [5.74, 6) is 0.897. The largest absolute Gasteiger partial charge is 0.411 e. The van der Waals surface area contributed by atoms with Gasteiger partial charge in [0.25, 0.3) is 0 Å². The second kappa shape index (κ2) is 6.57. The second-order valence-corrected chi connectivity index (χ2v) is 4.15. The van der Waals surface area contributed by atoms with E-state index in [4.69, 9.17) is 0 Å². The minimum absolute atomic E-state index is 0.0839. The fourth-order valence-corrected chi connectivity index (χ4v) is 1.64. The van der Waals surface area contributed by atoms with Gasteiger partial charge in [-0.05, 0) is 6.92 Å². The normalized spacial score (nSPS) is 11.8. The van der Waals surface area contributed by atoms with Crippen LogP contribution in [0.3, 0.4) is 0 Å². The summed E-state index contributed by atoms with van der Waals surface area (Å²) in [7, 11) is 0. The van der Waals surface area contributed by atoms with Crippen molar-refractivity contribution in [2.45, 2.75) is 13.1 Å². The van der Waals surface area contributed by atoms with Crippen molar-refractivity contribution in [1.29, 1.82) is 0 Å². The Labute approximate surface area is 118 Å². The van der Waals surface area contributed by atoms with Gasteiger partial charge in [-0.3, -0.25) is 5.10 Å². The predicted molar refractivity (Wildman–Crippen MR) is 71.2 cm³/mol. The Hall–Kier alpha value is -2.10. The lowest BCUT2D eigenvalue weighted by molar-refractivity contribution is -0.172. The van der Waals surface area contributed by atoms with Crippen LogP contribution in [-0.2, 0) is 4.74 Å². The van der Waals surface area contributed by atoms with E-state index in [0.29, 0.717) is 29.3 Å². The van der Waals surface area contributed by atoms with Crippen molar-refractivity contribution in [2.24, 2.45) is 0 Å². The van der Waals surface area contributed by atoms with Crippen LogP contribution in [0.15, 0.2) is 6.20 Å². The first-order valence-corrected chi connectivity index (χ1v) is 6.33. The molecule has 10 heteroatoms. The molecule has 0 saturated heterocycles. The Balaban J connectivity index is 1.95. The summed E-state index contributed by atoms with van der Waals surface area (Å²) in [6.45, 7) is 1.40. The van der Waals surface area contributed by atoms with Gasteiger partial charge < -0.3 is 15.4 Å². The predicted octanol–water partition coefficient (Wildman–Crippen LogP) is 1.78. The van der Waals surface area contributed by atoms with Crippen LogP contribution in [0.5, 0.6) is 0 Å². The van der Waals surface area contributed by atoms with Crippen molar-refractivity contribution >= 4 is 22.8 Å². The number of nitrogens with zero attached hydrogens (tertiary/aromatic N) is 3. The van der Waals surface area contributed by atoms with Crippen LogP contribution in [0.2, 0.25) is 0 Å². The van der Waals surface area contributed by atoms with Gasteiger partial charge in [-0.25, -0.2) is 0 Å². The van der Waals surface area contributed by atoms with Crippen LogP contribution in [0.25, 0.3) is 11.0 Å². The molecule has 0 amide bonds. The van der Waals surface area contributed by atoms with Gasteiger partial charge in [-0.2, -0.15) is 28.2 Å². The molecule has 0 radical (unpaired) electrons. The van der Waals surface area contributed by atoms with E-state index in [-0.39, 0.29) is 13.2 Å². The molecule has 0 aliphatic heterocycles. The Morgan fingerprint density at radius 2 is 2.10 bits per heavy atom. The van der Waals surface area contributed by atoms with Crippen molar-refractivity contribution in [2.75, 3.05) is 36.9 Å². The van der Waals surface area contributed by atoms with E-state index in [9.17, 15) is 13.2 Å². The maximum absolute atomic E-state index is 11.9. The van der Waals surface area contributed by atoms with Gasteiger partial charge in [0.1, 0.15) is 12.4 Å². The first-order chi connectivity index (χ1) is 9.99. The van der Waals surface area contributed by atoms with E-state index in [1.165, 1.54) is 0 Å². The minimum Gasteiger partial charge on any atom is -0.370 e. The van der Waals surface area contributed by atoms with Crippen LogP contribution < -0.4 is 10.6 Å². The van der Waals surface area contributed by atoms with Crippen molar-refractivity contribution in [3.05, 3.63) is 6.20 Å². The van der Waals surface area contributed by atoms with Crippen LogP contribution in [0.1, 0.15) is 6.92 Å². The molecular formula is C11H15F3N6O. The van der Waals surface area contributed by atoms with Gasteiger partial charge in [0.2, 0.25) is 5.95 Å². The molecule has 7 nitrogen and oxygen atoms in total. The second-order valence-electron chi connectivity index (χ2n) is 4.15. The van der Waals surface area contributed by atoms with E-state index in [1.807, 2.05) is 6.92 Å². The minimum atomic E-state index is -4.31. The number of aromatic nitrogens is 4. The lowest BCUT2D eigenvalue weighted by atomic mass is 10.4. The molecule has 0 unspecified atom stereocenters. The van der Waals surface area contributed by atoms with Gasteiger partial charge in [-0.15, -0.1) is 0 Å². The van der Waals surface area contributed by atoms with Crippen molar-refractivity contribution in [3.63, 3.8) is 0 Å². The number of H-pyrrole nitrogens is 1. The number of hydrogen-bond donors (Lipinski definition) is 3. The zero-order valence-electron chi connectivity index (χ0n) is 11.3. The maximum atomic E-state index is 11.9. The molecule has 0 spiro atoms. The zero-order valence-corrected chi connectivity index (χ0v) is 11.3. The summed E-state index contributed by atoms with van der Waals surface area (Å²) in [6, 6.07) is 0. The molecule has 2 aromatic heterocycles. The molecule has 0 atom stereocenters. The monoisotopic (exact) mass is 304 g/mol. The number of anilines is 2. The highest BCUT2D eigenvalue weighted by molar-refractivity contribution is 5.86. The Morgan fingerprint density at radius 1 is 1.29 bits per heavy atom. The van der Waals surface area contributed by atoms with E-state index in [0.717, 1.165) is 0 Å². The lowest BCUT2D eigenvalue weighted by Crippen LogP contribution is -2.20. The molecule has 3 N–H and O–H groups in total. The number of fused-ring (bicyclic) bond motifs is 1. The first kappa shape index (κ1) is 15.3. The number of hydrogen-bond acceptors (Lipinski definition) is 6. The average molecular weight is 304 g/mol. The number of aromatic amines is 1. The molecule has 2 aromatic rings. The third-order valence-corrected chi connectivity index (χ3v) is 2.45. The molecular weight excluding hydrogens is 289 g/mol. The van der Waals surface area contributed by atoms with Gasteiger partial charge in [-0.1, -0.05) is 0 Å². The summed E-state index contributed by atoms with van der Waals surface area (Å²) in [6.07, 6.45) is -2.77. The molecule has 0 aromatic carbocycles. The maximum Gasteiger partial charge on any atom is 0.411 e.